The van der Waals surface area contributed by atoms with Crippen molar-refractivity contribution < 1.29 is 9.53 Å². The van der Waals surface area contributed by atoms with Crippen molar-refractivity contribution in [3.8, 4) is 5.75 Å². The SMILES string of the molecule is Cc1cc(C)nc(SCc2ccccc2C(=O)N2CCN(CCOc3ccccc3)CC2)n1. The average molecular weight is 463 g/mol. The summed E-state index contributed by atoms with van der Waals surface area (Å²) in [7, 11) is 0. The van der Waals surface area contributed by atoms with Crippen LogP contribution in [0.15, 0.2) is 65.8 Å². The molecular formula is C26H30N4O2S. The highest BCUT2D eigenvalue weighted by Crippen LogP contribution is 2.23. The standard InChI is InChI=1S/C26H30N4O2S/c1-20-18-21(2)28-26(27-20)33-19-22-8-6-7-11-24(22)25(31)30-14-12-29(13-15-30)16-17-32-23-9-4-3-5-10-23/h3-11,18H,12-17,19H2,1-2H3. The third kappa shape index (κ3) is 6.55. The Hall–Kier alpha value is -2.90. The van der Waals surface area contributed by atoms with Gasteiger partial charge in [0.25, 0.3) is 5.91 Å². The number of carbonyl (C=O) groups excluding carboxylic acids is 1. The van der Waals surface area contributed by atoms with Crippen LogP contribution in [0.25, 0.3) is 0 Å². The lowest BCUT2D eigenvalue weighted by Gasteiger charge is -2.35. The van der Waals surface area contributed by atoms with E-state index in [2.05, 4.69) is 14.9 Å². The Balaban J connectivity index is 1.29. The average Bonchev–Trinajstić information content (AvgIpc) is 2.83. The van der Waals surface area contributed by atoms with Crippen molar-refractivity contribution in [2.24, 2.45) is 0 Å². The van der Waals surface area contributed by atoms with Gasteiger partial charge in [-0.05, 0) is 43.7 Å². The second kappa shape index (κ2) is 11.3. The van der Waals surface area contributed by atoms with E-state index >= 15 is 0 Å². The maximum Gasteiger partial charge on any atom is 0.254 e. The molecule has 1 aromatic heterocycles. The highest BCUT2D eigenvalue weighted by atomic mass is 32.2. The Morgan fingerprint density at radius 1 is 0.939 bits per heavy atom. The Kier molecular flexibility index (Phi) is 7.96. The minimum Gasteiger partial charge on any atom is -0.492 e. The number of thioether (sulfide) groups is 1. The molecule has 33 heavy (non-hydrogen) atoms. The number of aromatic nitrogens is 2. The predicted octanol–water partition coefficient (Wildman–Crippen LogP) is 4.22. The lowest BCUT2D eigenvalue weighted by Crippen LogP contribution is -2.49. The molecule has 1 fully saturated rings. The number of para-hydroxylation sites is 1. The minimum atomic E-state index is 0.104. The summed E-state index contributed by atoms with van der Waals surface area (Å²) in [6.45, 7) is 8.64. The molecule has 1 aliphatic rings. The van der Waals surface area contributed by atoms with Crippen LogP contribution in [0.3, 0.4) is 0 Å². The summed E-state index contributed by atoms with van der Waals surface area (Å²) in [5.74, 6) is 1.67. The van der Waals surface area contributed by atoms with Gasteiger partial charge in [-0.1, -0.05) is 48.2 Å². The van der Waals surface area contributed by atoms with Gasteiger partial charge in [0.05, 0.1) is 0 Å². The van der Waals surface area contributed by atoms with Crippen molar-refractivity contribution >= 4 is 17.7 Å². The monoisotopic (exact) mass is 462 g/mol. The molecule has 0 spiro atoms. The highest BCUT2D eigenvalue weighted by molar-refractivity contribution is 7.98. The number of hydrogen-bond donors (Lipinski definition) is 0. The second-order valence-corrected chi connectivity index (χ2v) is 9.12. The van der Waals surface area contributed by atoms with Crippen LogP contribution in [0.4, 0.5) is 0 Å². The van der Waals surface area contributed by atoms with Gasteiger partial charge >= 0.3 is 0 Å². The molecule has 6 nitrogen and oxygen atoms in total. The highest BCUT2D eigenvalue weighted by Gasteiger charge is 2.23. The number of nitrogens with zero attached hydrogens (tertiary/aromatic N) is 4. The summed E-state index contributed by atoms with van der Waals surface area (Å²) < 4.78 is 5.81. The fraction of sp³-hybridized carbons (Fsp3) is 0.346. The van der Waals surface area contributed by atoms with Crippen molar-refractivity contribution in [1.82, 2.24) is 19.8 Å². The summed E-state index contributed by atoms with van der Waals surface area (Å²) in [5.41, 5.74) is 3.71. The van der Waals surface area contributed by atoms with Gasteiger partial charge in [0.2, 0.25) is 0 Å². The predicted molar refractivity (Wildman–Crippen MR) is 132 cm³/mol. The molecule has 1 aliphatic heterocycles. The number of aryl methyl sites for hydroxylation is 2. The zero-order valence-corrected chi connectivity index (χ0v) is 20.1. The number of rotatable bonds is 8. The van der Waals surface area contributed by atoms with E-state index in [0.717, 1.165) is 66.1 Å². The molecule has 0 bridgehead atoms. The topological polar surface area (TPSA) is 58.6 Å². The van der Waals surface area contributed by atoms with Crippen molar-refractivity contribution in [2.75, 3.05) is 39.3 Å². The van der Waals surface area contributed by atoms with Crippen molar-refractivity contribution in [3.63, 3.8) is 0 Å². The summed E-state index contributed by atoms with van der Waals surface area (Å²) in [6, 6.07) is 19.7. The second-order valence-electron chi connectivity index (χ2n) is 8.17. The van der Waals surface area contributed by atoms with Gasteiger partial charge in [0.15, 0.2) is 5.16 Å². The number of hydrogen-bond acceptors (Lipinski definition) is 6. The molecular weight excluding hydrogens is 432 g/mol. The molecule has 0 aliphatic carbocycles. The molecule has 4 rings (SSSR count). The first-order valence-electron chi connectivity index (χ1n) is 11.3. The van der Waals surface area contributed by atoms with Gasteiger partial charge in [-0.15, -0.1) is 0 Å². The van der Waals surface area contributed by atoms with Crippen molar-refractivity contribution in [3.05, 3.63) is 83.2 Å². The number of ether oxygens (including phenoxy) is 1. The lowest BCUT2D eigenvalue weighted by molar-refractivity contribution is 0.0619. The van der Waals surface area contributed by atoms with Gasteiger partial charge in [-0.3, -0.25) is 9.69 Å². The van der Waals surface area contributed by atoms with Crippen LogP contribution in [-0.2, 0) is 5.75 Å². The van der Waals surface area contributed by atoms with E-state index in [0.29, 0.717) is 12.4 Å². The smallest absolute Gasteiger partial charge is 0.254 e. The molecule has 0 N–H and O–H groups in total. The molecule has 1 amide bonds. The molecule has 7 heteroatoms. The number of amides is 1. The fourth-order valence-corrected chi connectivity index (χ4v) is 4.86. The Bertz CT molecular complexity index is 1050. The molecule has 172 valence electrons. The molecule has 0 radical (unpaired) electrons. The van der Waals surface area contributed by atoms with E-state index in [1.54, 1.807) is 11.8 Å². The molecule has 0 atom stereocenters. The van der Waals surface area contributed by atoms with Crippen LogP contribution in [-0.4, -0.2) is 65.0 Å². The van der Waals surface area contributed by atoms with Gasteiger partial charge in [-0.25, -0.2) is 9.97 Å². The maximum absolute atomic E-state index is 13.3. The van der Waals surface area contributed by atoms with E-state index in [9.17, 15) is 4.79 Å². The van der Waals surface area contributed by atoms with Gasteiger partial charge in [0, 0.05) is 55.4 Å². The van der Waals surface area contributed by atoms with Crippen LogP contribution >= 0.6 is 11.8 Å². The van der Waals surface area contributed by atoms with E-state index in [1.165, 1.54) is 0 Å². The summed E-state index contributed by atoms with van der Waals surface area (Å²) >= 11 is 1.57. The van der Waals surface area contributed by atoms with Crippen LogP contribution in [0, 0.1) is 13.8 Å². The molecule has 2 aromatic carbocycles. The maximum atomic E-state index is 13.3. The van der Waals surface area contributed by atoms with E-state index in [1.807, 2.05) is 79.4 Å². The normalized spacial score (nSPS) is 14.3. The third-order valence-electron chi connectivity index (χ3n) is 5.65. The molecule has 0 saturated carbocycles. The quantitative estimate of drug-likeness (QED) is 0.369. The summed E-state index contributed by atoms with van der Waals surface area (Å²) in [5, 5.41) is 0.751. The first-order chi connectivity index (χ1) is 16.1. The molecule has 3 aromatic rings. The van der Waals surface area contributed by atoms with Crippen LogP contribution in [0.5, 0.6) is 5.75 Å². The molecule has 1 saturated heterocycles. The van der Waals surface area contributed by atoms with Crippen LogP contribution in [0.1, 0.15) is 27.3 Å². The lowest BCUT2D eigenvalue weighted by atomic mass is 10.1. The summed E-state index contributed by atoms with van der Waals surface area (Å²) in [6.07, 6.45) is 0. The molecule has 2 heterocycles. The van der Waals surface area contributed by atoms with E-state index in [4.69, 9.17) is 4.74 Å². The van der Waals surface area contributed by atoms with E-state index < -0.39 is 0 Å². The van der Waals surface area contributed by atoms with Gasteiger partial charge in [-0.2, -0.15) is 0 Å². The zero-order chi connectivity index (χ0) is 23.0. The minimum absolute atomic E-state index is 0.104. The fourth-order valence-electron chi connectivity index (χ4n) is 3.91. The first-order valence-corrected chi connectivity index (χ1v) is 12.3. The van der Waals surface area contributed by atoms with Gasteiger partial charge < -0.3 is 9.64 Å². The molecule has 0 unspecified atom stereocenters. The van der Waals surface area contributed by atoms with Crippen LogP contribution < -0.4 is 4.74 Å². The number of carbonyl (C=O) groups is 1. The Morgan fingerprint density at radius 3 is 2.33 bits per heavy atom. The Morgan fingerprint density at radius 2 is 1.61 bits per heavy atom. The van der Waals surface area contributed by atoms with Crippen LogP contribution in [0.2, 0.25) is 0 Å². The first kappa shape index (κ1) is 23.3. The summed E-state index contributed by atoms with van der Waals surface area (Å²) in [4.78, 5) is 26.6. The van der Waals surface area contributed by atoms with Crippen molar-refractivity contribution in [2.45, 2.75) is 24.8 Å². The zero-order valence-electron chi connectivity index (χ0n) is 19.2. The largest absolute Gasteiger partial charge is 0.492 e. The van der Waals surface area contributed by atoms with E-state index in [-0.39, 0.29) is 5.91 Å². The Labute approximate surface area is 200 Å². The van der Waals surface area contributed by atoms with Crippen molar-refractivity contribution in [1.29, 1.82) is 0 Å². The number of benzene rings is 2. The third-order valence-corrected chi connectivity index (χ3v) is 6.54. The number of piperazine rings is 1. The van der Waals surface area contributed by atoms with Gasteiger partial charge in [0.1, 0.15) is 12.4 Å².